The van der Waals surface area contributed by atoms with Crippen molar-refractivity contribution in [3.8, 4) is 5.75 Å². The zero-order valence-electron chi connectivity index (χ0n) is 21.1. The number of amides is 2. The zero-order valence-corrected chi connectivity index (χ0v) is 23.5. The van der Waals surface area contributed by atoms with Crippen LogP contribution in [0.15, 0.2) is 42.5 Å². The number of hydrogen-bond acceptors (Lipinski definition) is 5. The van der Waals surface area contributed by atoms with Gasteiger partial charge in [0.2, 0.25) is 21.8 Å². The maximum atomic E-state index is 13.3. The number of nitrogens with zero attached hydrogens (tertiary/aromatic N) is 2. The highest BCUT2D eigenvalue weighted by Crippen LogP contribution is 2.25. The Balaban J connectivity index is 2.20. The standard InChI is InChI=1S/C25H33Cl2N3O5S/c1-17(2)28-25(32)18(3)29(16-19-11-12-22(26)23(27)14-19)24(31)10-7-13-30(36(5,33)34)20-8-6-9-21(15-20)35-4/h6,8-9,11-12,14-15,17-18H,7,10,13,16H2,1-5H3,(H,28,32). The summed E-state index contributed by atoms with van der Waals surface area (Å²) in [5.41, 5.74) is 1.16. The molecule has 0 fully saturated rings. The number of sulfonamides is 1. The van der Waals surface area contributed by atoms with Gasteiger partial charge in [0.25, 0.3) is 0 Å². The first kappa shape index (κ1) is 29.7. The van der Waals surface area contributed by atoms with Crippen molar-refractivity contribution in [3.63, 3.8) is 0 Å². The molecule has 0 heterocycles. The highest BCUT2D eigenvalue weighted by Gasteiger charge is 2.27. The number of methoxy groups -OCH3 is 1. The summed E-state index contributed by atoms with van der Waals surface area (Å²) in [6.07, 6.45) is 1.40. The second-order valence-corrected chi connectivity index (χ2v) is 11.5. The maximum absolute atomic E-state index is 13.3. The molecule has 0 saturated heterocycles. The SMILES string of the molecule is COc1cccc(N(CCCC(=O)N(Cc2ccc(Cl)c(Cl)c2)C(C)C(=O)NC(C)C)S(C)(=O)=O)c1. The Hall–Kier alpha value is -2.49. The minimum atomic E-state index is -3.60. The van der Waals surface area contributed by atoms with Gasteiger partial charge in [-0.05, 0) is 57.0 Å². The lowest BCUT2D eigenvalue weighted by Gasteiger charge is -2.30. The Kier molecular flexibility index (Phi) is 10.9. The Bertz CT molecular complexity index is 1170. The summed E-state index contributed by atoms with van der Waals surface area (Å²) in [6.45, 7) is 5.58. The molecule has 36 heavy (non-hydrogen) atoms. The van der Waals surface area contributed by atoms with E-state index >= 15 is 0 Å². The first-order valence-electron chi connectivity index (χ1n) is 11.5. The smallest absolute Gasteiger partial charge is 0.242 e. The predicted molar refractivity (Wildman–Crippen MR) is 144 cm³/mol. The quantitative estimate of drug-likeness (QED) is 0.414. The molecular weight excluding hydrogens is 525 g/mol. The second-order valence-electron chi connectivity index (χ2n) is 8.75. The first-order valence-corrected chi connectivity index (χ1v) is 14.1. The maximum Gasteiger partial charge on any atom is 0.242 e. The van der Waals surface area contributed by atoms with Gasteiger partial charge in [-0.3, -0.25) is 13.9 Å². The number of nitrogens with one attached hydrogen (secondary N) is 1. The van der Waals surface area contributed by atoms with E-state index in [1.807, 2.05) is 13.8 Å². The molecule has 0 aliphatic heterocycles. The molecule has 1 atom stereocenters. The minimum absolute atomic E-state index is 0.0383. The molecule has 2 rings (SSSR count). The Morgan fingerprint density at radius 2 is 1.75 bits per heavy atom. The van der Waals surface area contributed by atoms with Crippen molar-refractivity contribution < 1.29 is 22.7 Å². The number of ether oxygens (including phenoxy) is 1. The average Bonchev–Trinajstić information content (AvgIpc) is 2.80. The van der Waals surface area contributed by atoms with E-state index in [0.29, 0.717) is 21.5 Å². The predicted octanol–water partition coefficient (Wildman–Crippen LogP) is 4.49. The molecule has 2 aromatic rings. The van der Waals surface area contributed by atoms with E-state index in [2.05, 4.69) is 5.32 Å². The number of carbonyl (C=O) groups excluding carboxylic acids is 2. The fraction of sp³-hybridized carbons (Fsp3) is 0.440. The summed E-state index contributed by atoms with van der Waals surface area (Å²) in [5, 5.41) is 3.57. The molecule has 198 valence electrons. The minimum Gasteiger partial charge on any atom is -0.497 e. The summed E-state index contributed by atoms with van der Waals surface area (Å²) in [6, 6.07) is 10.9. The van der Waals surface area contributed by atoms with E-state index < -0.39 is 16.1 Å². The molecule has 0 radical (unpaired) electrons. The van der Waals surface area contributed by atoms with Crippen LogP contribution in [0.25, 0.3) is 0 Å². The van der Waals surface area contributed by atoms with E-state index in [-0.39, 0.29) is 43.8 Å². The van der Waals surface area contributed by atoms with Crippen LogP contribution in [0.2, 0.25) is 10.0 Å². The molecule has 0 aliphatic carbocycles. The largest absolute Gasteiger partial charge is 0.497 e. The summed E-state index contributed by atoms with van der Waals surface area (Å²) >= 11 is 12.2. The van der Waals surface area contributed by atoms with Gasteiger partial charge in [0.15, 0.2) is 0 Å². The zero-order chi connectivity index (χ0) is 27.0. The Morgan fingerprint density at radius 3 is 2.33 bits per heavy atom. The third-order valence-electron chi connectivity index (χ3n) is 5.43. The summed E-state index contributed by atoms with van der Waals surface area (Å²) in [5.74, 6) is -0.0471. The molecule has 0 aromatic heterocycles. The number of carbonyl (C=O) groups is 2. The molecule has 0 bridgehead atoms. The van der Waals surface area contributed by atoms with Gasteiger partial charge >= 0.3 is 0 Å². The molecule has 0 spiro atoms. The normalized spacial score (nSPS) is 12.2. The van der Waals surface area contributed by atoms with Gasteiger partial charge < -0.3 is 15.0 Å². The van der Waals surface area contributed by atoms with Crippen LogP contribution in [0.5, 0.6) is 5.75 Å². The van der Waals surface area contributed by atoms with Crippen LogP contribution in [0.3, 0.4) is 0 Å². The summed E-state index contributed by atoms with van der Waals surface area (Å²) in [7, 11) is -2.10. The summed E-state index contributed by atoms with van der Waals surface area (Å²) in [4.78, 5) is 27.5. The lowest BCUT2D eigenvalue weighted by molar-refractivity contribution is -0.140. The van der Waals surface area contributed by atoms with Crippen LogP contribution in [0.1, 0.15) is 39.2 Å². The first-order chi connectivity index (χ1) is 16.8. The van der Waals surface area contributed by atoms with E-state index in [0.717, 1.165) is 11.8 Å². The Labute approximate surface area is 223 Å². The van der Waals surface area contributed by atoms with E-state index in [4.69, 9.17) is 27.9 Å². The number of hydrogen-bond donors (Lipinski definition) is 1. The Morgan fingerprint density at radius 1 is 1.06 bits per heavy atom. The highest BCUT2D eigenvalue weighted by atomic mass is 35.5. The van der Waals surface area contributed by atoms with E-state index in [9.17, 15) is 18.0 Å². The van der Waals surface area contributed by atoms with Gasteiger partial charge in [-0.2, -0.15) is 0 Å². The molecule has 1 N–H and O–H groups in total. The van der Waals surface area contributed by atoms with Crippen molar-refractivity contribution in [2.45, 2.75) is 52.2 Å². The molecule has 1 unspecified atom stereocenters. The van der Waals surface area contributed by atoms with Crippen molar-refractivity contribution in [1.29, 1.82) is 0 Å². The van der Waals surface area contributed by atoms with Crippen LogP contribution in [-0.2, 0) is 26.2 Å². The van der Waals surface area contributed by atoms with Gasteiger partial charge in [0.05, 0.1) is 29.1 Å². The van der Waals surface area contributed by atoms with Crippen molar-refractivity contribution >= 4 is 50.7 Å². The fourth-order valence-corrected chi connectivity index (χ4v) is 4.87. The number of rotatable bonds is 12. The van der Waals surface area contributed by atoms with Gasteiger partial charge in [-0.1, -0.05) is 35.3 Å². The van der Waals surface area contributed by atoms with Crippen molar-refractivity contribution in [2.24, 2.45) is 0 Å². The molecule has 11 heteroatoms. The van der Waals surface area contributed by atoms with Gasteiger partial charge in [0, 0.05) is 31.6 Å². The van der Waals surface area contributed by atoms with Crippen molar-refractivity contribution in [1.82, 2.24) is 10.2 Å². The van der Waals surface area contributed by atoms with Crippen molar-refractivity contribution in [3.05, 3.63) is 58.1 Å². The van der Waals surface area contributed by atoms with Crippen LogP contribution in [0.4, 0.5) is 5.69 Å². The lowest BCUT2D eigenvalue weighted by atomic mass is 10.1. The second kappa shape index (κ2) is 13.2. The van der Waals surface area contributed by atoms with Crippen LogP contribution in [0, 0.1) is 0 Å². The number of halogens is 2. The fourth-order valence-electron chi connectivity index (χ4n) is 3.59. The monoisotopic (exact) mass is 557 g/mol. The van der Waals surface area contributed by atoms with Crippen LogP contribution < -0.4 is 14.4 Å². The number of anilines is 1. The molecule has 0 saturated carbocycles. The number of benzene rings is 2. The van der Waals surface area contributed by atoms with E-state index in [1.165, 1.54) is 16.3 Å². The topological polar surface area (TPSA) is 96.0 Å². The molecule has 0 aliphatic rings. The third-order valence-corrected chi connectivity index (χ3v) is 7.36. The van der Waals surface area contributed by atoms with Gasteiger partial charge in [-0.25, -0.2) is 8.42 Å². The molecule has 8 nitrogen and oxygen atoms in total. The molecular formula is C25H33Cl2N3O5S. The van der Waals surface area contributed by atoms with E-state index in [1.54, 1.807) is 49.4 Å². The molecule has 2 aromatic carbocycles. The average molecular weight is 559 g/mol. The van der Waals surface area contributed by atoms with Crippen LogP contribution >= 0.6 is 23.2 Å². The summed E-state index contributed by atoms with van der Waals surface area (Å²) < 4.78 is 31.4. The van der Waals surface area contributed by atoms with Crippen molar-refractivity contribution in [2.75, 3.05) is 24.2 Å². The van der Waals surface area contributed by atoms with Gasteiger partial charge in [0.1, 0.15) is 11.8 Å². The van der Waals surface area contributed by atoms with Crippen LogP contribution in [-0.4, -0.2) is 57.1 Å². The lowest BCUT2D eigenvalue weighted by Crippen LogP contribution is -2.49. The van der Waals surface area contributed by atoms with Gasteiger partial charge in [-0.15, -0.1) is 0 Å². The highest BCUT2D eigenvalue weighted by molar-refractivity contribution is 7.92. The molecule has 2 amide bonds. The third kappa shape index (κ3) is 8.57.